The third-order valence-electron chi connectivity index (χ3n) is 7.20. The fourth-order valence-electron chi connectivity index (χ4n) is 4.90. The second-order valence-corrected chi connectivity index (χ2v) is 9.55. The van der Waals surface area contributed by atoms with Gasteiger partial charge in [0.05, 0.1) is 12.9 Å². The van der Waals surface area contributed by atoms with Crippen molar-refractivity contribution >= 4 is 17.7 Å². The van der Waals surface area contributed by atoms with Gasteiger partial charge >= 0.3 is 0 Å². The van der Waals surface area contributed by atoms with Crippen LogP contribution in [0.2, 0.25) is 0 Å². The van der Waals surface area contributed by atoms with E-state index < -0.39 is 0 Å². The summed E-state index contributed by atoms with van der Waals surface area (Å²) >= 11 is 1.28. The number of carbonyl (C=O) groups excluding carboxylic acids is 1. The van der Waals surface area contributed by atoms with Crippen LogP contribution in [0.15, 0.2) is 33.9 Å². The van der Waals surface area contributed by atoms with Crippen LogP contribution < -0.4 is 10.1 Å². The van der Waals surface area contributed by atoms with E-state index in [1.54, 1.807) is 7.11 Å². The predicted molar refractivity (Wildman–Crippen MR) is 108 cm³/mol. The Kier molecular flexibility index (Phi) is 4.89. The van der Waals surface area contributed by atoms with E-state index in [0.717, 1.165) is 17.7 Å². The SMILES string of the molecule is COc1ccc(-c2nnc(SCC(=O)NC3CC4CCC3(C)C4(C)C)o2)cc1. The lowest BCUT2D eigenvalue weighted by molar-refractivity contribution is -0.120. The molecule has 1 aromatic heterocycles. The zero-order chi connectivity index (χ0) is 19.9. The van der Waals surface area contributed by atoms with E-state index in [1.807, 2.05) is 24.3 Å². The topological polar surface area (TPSA) is 77.2 Å². The summed E-state index contributed by atoms with van der Waals surface area (Å²) < 4.78 is 10.8. The number of nitrogens with zero attached hydrogens (tertiary/aromatic N) is 2. The Morgan fingerprint density at radius 2 is 2.04 bits per heavy atom. The van der Waals surface area contributed by atoms with Gasteiger partial charge in [-0.3, -0.25) is 4.79 Å². The third-order valence-corrected chi connectivity index (χ3v) is 8.02. The van der Waals surface area contributed by atoms with Gasteiger partial charge in [-0.2, -0.15) is 0 Å². The van der Waals surface area contributed by atoms with Crippen molar-refractivity contribution in [3.05, 3.63) is 24.3 Å². The molecule has 0 saturated heterocycles. The van der Waals surface area contributed by atoms with Gasteiger partial charge in [-0.1, -0.05) is 32.5 Å². The molecule has 0 aliphatic heterocycles. The second kappa shape index (κ2) is 7.10. The summed E-state index contributed by atoms with van der Waals surface area (Å²) in [5.41, 5.74) is 1.30. The van der Waals surface area contributed by atoms with E-state index in [-0.39, 0.29) is 28.5 Å². The highest BCUT2D eigenvalue weighted by Gasteiger charge is 2.61. The van der Waals surface area contributed by atoms with Crippen molar-refractivity contribution in [2.24, 2.45) is 16.7 Å². The van der Waals surface area contributed by atoms with Gasteiger partial charge < -0.3 is 14.5 Å². The first-order chi connectivity index (χ1) is 13.3. The van der Waals surface area contributed by atoms with Gasteiger partial charge in [0, 0.05) is 11.6 Å². The van der Waals surface area contributed by atoms with Gasteiger partial charge in [-0.15, -0.1) is 10.2 Å². The molecule has 28 heavy (non-hydrogen) atoms. The number of benzene rings is 1. The van der Waals surface area contributed by atoms with Crippen LogP contribution in [0, 0.1) is 16.7 Å². The van der Waals surface area contributed by atoms with Crippen molar-refractivity contribution < 1.29 is 13.9 Å². The molecule has 1 amide bonds. The summed E-state index contributed by atoms with van der Waals surface area (Å²) in [7, 11) is 1.62. The van der Waals surface area contributed by atoms with E-state index in [1.165, 1.54) is 24.6 Å². The normalized spacial score (nSPS) is 27.7. The van der Waals surface area contributed by atoms with Crippen molar-refractivity contribution in [3.63, 3.8) is 0 Å². The molecule has 3 atom stereocenters. The predicted octanol–water partition coefficient (Wildman–Crippen LogP) is 4.17. The summed E-state index contributed by atoms with van der Waals surface area (Å²) in [6.07, 6.45) is 3.56. The minimum Gasteiger partial charge on any atom is -0.497 e. The molecule has 3 unspecified atom stereocenters. The highest BCUT2D eigenvalue weighted by Crippen LogP contribution is 2.65. The zero-order valence-electron chi connectivity index (χ0n) is 16.8. The van der Waals surface area contributed by atoms with E-state index in [2.05, 4.69) is 36.3 Å². The first-order valence-electron chi connectivity index (χ1n) is 9.73. The van der Waals surface area contributed by atoms with E-state index in [0.29, 0.717) is 17.0 Å². The van der Waals surface area contributed by atoms with Gasteiger partial charge in [0.25, 0.3) is 5.22 Å². The fourth-order valence-corrected chi connectivity index (χ4v) is 5.48. The summed E-state index contributed by atoms with van der Waals surface area (Å²) in [6, 6.07) is 7.68. The summed E-state index contributed by atoms with van der Waals surface area (Å²) in [4.78, 5) is 12.5. The summed E-state index contributed by atoms with van der Waals surface area (Å²) in [5.74, 6) is 2.23. The minimum absolute atomic E-state index is 0.0313. The maximum Gasteiger partial charge on any atom is 0.277 e. The Hall–Kier alpha value is -2.02. The molecule has 2 saturated carbocycles. The quantitative estimate of drug-likeness (QED) is 0.732. The van der Waals surface area contributed by atoms with Gasteiger partial charge in [-0.25, -0.2) is 0 Å². The van der Waals surface area contributed by atoms with Gasteiger partial charge in [0.15, 0.2) is 0 Å². The Morgan fingerprint density at radius 1 is 1.29 bits per heavy atom. The van der Waals surface area contributed by atoms with Crippen LogP contribution in [-0.2, 0) is 4.79 Å². The first-order valence-corrected chi connectivity index (χ1v) is 10.7. The number of fused-ring (bicyclic) bond motifs is 2. The number of aromatic nitrogens is 2. The first kappa shape index (κ1) is 19.3. The molecular formula is C21H27N3O3S. The van der Waals surface area contributed by atoms with Crippen molar-refractivity contribution in [1.82, 2.24) is 15.5 Å². The molecule has 0 radical (unpaired) electrons. The Balaban J connectivity index is 1.33. The molecule has 150 valence electrons. The summed E-state index contributed by atoms with van der Waals surface area (Å²) in [6.45, 7) is 7.03. The number of amides is 1. The number of ether oxygens (including phenoxy) is 1. The summed E-state index contributed by atoms with van der Waals surface area (Å²) in [5, 5.41) is 11.8. The molecule has 1 aromatic carbocycles. The largest absolute Gasteiger partial charge is 0.497 e. The maximum absolute atomic E-state index is 12.5. The van der Waals surface area contributed by atoms with Crippen LogP contribution in [0.3, 0.4) is 0 Å². The number of hydrogen-bond acceptors (Lipinski definition) is 6. The van der Waals surface area contributed by atoms with Crippen LogP contribution in [0.4, 0.5) is 0 Å². The number of thioether (sulfide) groups is 1. The van der Waals surface area contributed by atoms with Crippen LogP contribution >= 0.6 is 11.8 Å². The highest BCUT2D eigenvalue weighted by atomic mass is 32.2. The lowest BCUT2D eigenvalue weighted by atomic mass is 9.69. The number of methoxy groups -OCH3 is 1. The van der Waals surface area contributed by atoms with E-state index in [4.69, 9.17) is 9.15 Å². The zero-order valence-corrected chi connectivity index (χ0v) is 17.6. The van der Waals surface area contributed by atoms with E-state index >= 15 is 0 Å². The molecule has 2 aliphatic rings. The molecule has 1 heterocycles. The third kappa shape index (κ3) is 3.19. The molecule has 7 heteroatoms. The molecule has 2 bridgehead atoms. The maximum atomic E-state index is 12.5. The molecule has 0 spiro atoms. The van der Waals surface area contributed by atoms with Crippen molar-refractivity contribution in [2.45, 2.75) is 51.3 Å². The van der Waals surface area contributed by atoms with Crippen molar-refractivity contribution in [3.8, 4) is 17.2 Å². The lowest BCUT2D eigenvalue weighted by Crippen LogP contribution is -2.47. The van der Waals surface area contributed by atoms with Crippen LogP contribution in [0.1, 0.15) is 40.0 Å². The lowest BCUT2D eigenvalue weighted by Gasteiger charge is -2.39. The fraction of sp³-hybridized carbons (Fsp3) is 0.571. The van der Waals surface area contributed by atoms with Crippen molar-refractivity contribution in [2.75, 3.05) is 12.9 Å². The second-order valence-electron chi connectivity index (χ2n) is 8.62. The molecular weight excluding hydrogens is 374 g/mol. The van der Waals surface area contributed by atoms with E-state index in [9.17, 15) is 4.79 Å². The number of nitrogens with one attached hydrogen (secondary N) is 1. The van der Waals surface area contributed by atoms with Gasteiger partial charge in [-0.05, 0) is 60.3 Å². The van der Waals surface area contributed by atoms with Crippen LogP contribution in [-0.4, -0.2) is 35.0 Å². The Morgan fingerprint density at radius 3 is 2.64 bits per heavy atom. The van der Waals surface area contributed by atoms with Gasteiger partial charge in [0.1, 0.15) is 5.75 Å². The standard InChI is InChI=1S/C21H27N3O3S/c1-20(2)14-9-10-21(20,3)16(11-14)22-17(25)12-28-19-24-23-18(27-19)13-5-7-15(26-4)8-6-13/h5-8,14,16H,9-12H2,1-4H3,(H,22,25). The molecule has 1 N–H and O–H groups in total. The molecule has 2 fully saturated rings. The average molecular weight is 402 g/mol. The van der Waals surface area contributed by atoms with Crippen LogP contribution in [0.5, 0.6) is 5.75 Å². The Bertz CT molecular complexity index is 864. The monoisotopic (exact) mass is 401 g/mol. The number of hydrogen-bond donors (Lipinski definition) is 1. The molecule has 2 aromatic rings. The highest BCUT2D eigenvalue weighted by molar-refractivity contribution is 7.99. The number of carbonyl (C=O) groups is 1. The average Bonchev–Trinajstić information content (AvgIpc) is 3.29. The molecule has 2 aliphatic carbocycles. The van der Waals surface area contributed by atoms with Crippen LogP contribution in [0.25, 0.3) is 11.5 Å². The van der Waals surface area contributed by atoms with Gasteiger partial charge in [0.2, 0.25) is 11.8 Å². The number of rotatable bonds is 6. The Labute approximate surface area is 169 Å². The molecule has 6 nitrogen and oxygen atoms in total. The molecule has 4 rings (SSSR count). The minimum atomic E-state index is 0.0313. The smallest absolute Gasteiger partial charge is 0.277 e. The van der Waals surface area contributed by atoms with Crippen molar-refractivity contribution in [1.29, 1.82) is 0 Å².